The number of alkyl halides is 3. The number of hydrogen-bond donors (Lipinski definition) is 3. The number of carboxylic acid groups (broad SMARTS) is 1. The summed E-state index contributed by atoms with van der Waals surface area (Å²) in [6.07, 6.45) is 3.03. The van der Waals surface area contributed by atoms with E-state index in [-0.39, 0.29) is 12.1 Å². The number of carboxylic acids is 1. The summed E-state index contributed by atoms with van der Waals surface area (Å²) in [7, 11) is 0. The van der Waals surface area contributed by atoms with Gasteiger partial charge in [-0.3, -0.25) is 4.90 Å². The Balaban J connectivity index is 0.000000679. The second kappa shape index (κ2) is 19.2. The first-order valence-corrected chi connectivity index (χ1v) is 18.2. The van der Waals surface area contributed by atoms with Crippen molar-refractivity contribution in [2.24, 2.45) is 0 Å². The summed E-state index contributed by atoms with van der Waals surface area (Å²) in [4.78, 5) is 27.3. The van der Waals surface area contributed by atoms with Crippen LogP contribution in [0.4, 0.5) is 18.0 Å². The van der Waals surface area contributed by atoms with Crippen molar-refractivity contribution >= 4 is 12.0 Å². The smallest absolute Gasteiger partial charge is 0.475 e. The zero-order valence-corrected chi connectivity index (χ0v) is 29.5. The Morgan fingerprint density at radius 2 is 1.33 bits per heavy atom. The SMILES string of the molecule is O=C(NCCc1ccccc1)N(Cc1cccc(-c2ccc(CNC3CCCC3)cc2)c1)C1CCN(Cc2ccccc2)CC1.O=C(O)C(F)(F)F. The highest BCUT2D eigenvalue weighted by molar-refractivity contribution is 5.75. The molecular formula is C42H49F3N4O3. The zero-order chi connectivity index (χ0) is 36.8. The van der Waals surface area contributed by atoms with Gasteiger partial charge in [0.2, 0.25) is 0 Å². The fraction of sp³-hybridized carbons (Fsp3) is 0.381. The molecule has 2 fully saturated rings. The zero-order valence-electron chi connectivity index (χ0n) is 29.5. The van der Waals surface area contributed by atoms with Gasteiger partial charge in [-0.2, -0.15) is 13.2 Å². The third kappa shape index (κ3) is 12.2. The number of carbonyl (C=O) groups is 2. The van der Waals surface area contributed by atoms with Crippen molar-refractivity contribution < 1.29 is 27.9 Å². The van der Waals surface area contributed by atoms with Crippen LogP contribution in [0.2, 0.25) is 0 Å². The Morgan fingerprint density at radius 3 is 1.94 bits per heavy atom. The Morgan fingerprint density at radius 1 is 0.731 bits per heavy atom. The molecule has 10 heteroatoms. The molecule has 0 spiro atoms. The third-order valence-corrected chi connectivity index (χ3v) is 9.80. The molecule has 0 aromatic heterocycles. The Labute approximate surface area is 304 Å². The maximum Gasteiger partial charge on any atom is 0.490 e. The lowest BCUT2D eigenvalue weighted by Crippen LogP contribution is -2.50. The van der Waals surface area contributed by atoms with E-state index < -0.39 is 12.1 Å². The molecule has 1 aliphatic heterocycles. The first-order chi connectivity index (χ1) is 25.1. The Kier molecular flexibility index (Phi) is 14.3. The van der Waals surface area contributed by atoms with Crippen LogP contribution in [0, 0.1) is 0 Å². The van der Waals surface area contributed by atoms with Gasteiger partial charge in [0.25, 0.3) is 0 Å². The van der Waals surface area contributed by atoms with Gasteiger partial charge in [0.1, 0.15) is 0 Å². The normalized spacial score (nSPS) is 15.4. The Bertz CT molecular complexity index is 1670. The second-order valence-electron chi connectivity index (χ2n) is 13.7. The largest absolute Gasteiger partial charge is 0.490 e. The van der Waals surface area contributed by atoms with E-state index in [2.05, 4.69) is 124 Å². The van der Waals surface area contributed by atoms with Gasteiger partial charge in [-0.25, -0.2) is 9.59 Å². The standard InChI is InChI=1S/C40H48N4O.C2HF3O2/c45-40(41-25-22-32-10-3-1-4-11-32)44(39-23-26-43(27-24-39)30-34-12-5-2-6-13-34)31-35-14-9-15-37(28-35)36-20-18-33(19-21-36)29-42-38-16-7-8-17-38;3-2(4,5)1(6)7/h1-6,9-15,18-21,28,38-39,42H,7-8,16-17,22-27,29-31H2,(H,41,45);(H,6,7). The maximum absolute atomic E-state index is 13.8. The van der Waals surface area contributed by atoms with E-state index >= 15 is 0 Å². The van der Waals surface area contributed by atoms with Crippen molar-refractivity contribution in [3.05, 3.63) is 131 Å². The summed E-state index contributed by atoms with van der Waals surface area (Å²) < 4.78 is 31.7. The average molecular weight is 715 g/mol. The number of urea groups is 1. The molecule has 1 heterocycles. The molecule has 52 heavy (non-hydrogen) atoms. The van der Waals surface area contributed by atoms with E-state index in [1.54, 1.807) is 0 Å². The average Bonchev–Trinajstić information content (AvgIpc) is 3.68. The predicted octanol–water partition coefficient (Wildman–Crippen LogP) is 8.44. The summed E-state index contributed by atoms with van der Waals surface area (Å²) in [5.41, 5.74) is 7.51. The van der Waals surface area contributed by atoms with Crippen LogP contribution in [0.15, 0.2) is 109 Å². The number of amides is 2. The van der Waals surface area contributed by atoms with Crippen LogP contribution >= 0.6 is 0 Å². The molecule has 0 radical (unpaired) electrons. The molecule has 0 atom stereocenters. The van der Waals surface area contributed by atoms with Crippen LogP contribution in [0.25, 0.3) is 11.1 Å². The lowest BCUT2D eigenvalue weighted by molar-refractivity contribution is -0.192. The van der Waals surface area contributed by atoms with E-state index in [0.717, 1.165) is 45.4 Å². The van der Waals surface area contributed by atoms with Gasteiger partial charge in [-0.1, -0.05) is 116 Å². The molecule has 6 rings (SSSR count). The molecule has 0 bridgehead atoms. The number of halogens is 3. The van der Waals surface area contributed by atoms with E-state index in [1.165, 1.54) is 59.1 Å². The first kappa shape index (κ1) is 38.6. The molecule has 1 aliphatic carbocycles. The van der Waals surface area contributed by atoms with Gasteiger partial charge in [0.15, 0.2) is 0 Å². The minimum Gasteiger partial charge on any atom is -0.475 e. The van der Waals surface area contributed by atoms with Gasteiger partial charge in [0, 0.05) is 51.4 Å². The summed E-state index contributed by atoms with van der Waals surface area (Å²) in [6.45, 7) is 5.13. The van der Waals surface area contributed by atoms with E-state index in [9.17, 15) is 18.0 Å². The van der Waals surface area contributed by atoms with Gasteiger partial charge < -0.3 is 20.6 Å². The van der Waals surface area contributed by atoms with Crippen LogP contribution < -0.4 is 10.6 Å². The van der Waals surface area contributed by atoms with Crippen LogP contribution in [-0.4, -0.2) is 64.8 Å². The van der Waals surface area contributed by atoms with Gasteiger partial charge in [0.05, 0.1) is 0 Å². The lowest BCUT2D eigenvalue weighted by atomic mass is 9.99. The van der Waals surface area contributed by atoms with E-state index in [1.807, 2.05) is 6.07 Å². The fourth-order valence-electron chi connectivity index (χ4n) is 6.91. The topological polar surface area (TPSA) is 84.9 Å². The number of rotatable bonds is 12. The van der Waals surface area contributed by atoms with Crippen molar-refractivity contribution in [2.75, 3.05) is 19.6 Å². The number of carbonyl (C=O) groups excluding carboxylic acids is 1. The van der Waals surface area contributed by atoms with Gasteiger partial charge in [-0.05, 0) is 71.6 Å². The van der Waals surface area contributed by atoms with Crippen LogP contribution in [0.5, 0.6) is 0 Å². The number of piperidine rings is 1. The highest BCUT2D eigenvalue weighted by atomic mass is 19.4. The molecule has 3 N–H and O–H groups in total. The summed E-state index contributed by atoms with van der Waals surface area (Å²) >= 11 is 0. The number of aliphatic carboxylic acids is 1. The fourth-order valence-corrected chi connectivity index (χ4v) is 6.91. The maximum atomic E-state index is 13.8. The number of hydrogen-bond acceptors (Lipinski definition) is 4. The minimum atomic E-state index is -5.08. The lowest BCUT2D eigenvalue weighted by Gasteiger charge is -2.38. The highest BCUT2D eigenvalue weighted by Crippen LogP contribution is 2.25. The minimum absolute atomic E-state index is 0.0389. The van der Waals surface area contributed by atoms with Crippen molar-refractivity contribution in [1.82, 2.24) is 20.4 Å². The summed E-state index contributed by atoms with van der Waals surface area (Å²) in [5.74, 6) is -2.76. The van der Waals surface area contributed by atoms with Crippen LogP contribution in [0.1, 0.15) is 60.8 Å². The summed E-state index contributed by atoms with van der Waals surface area (Å²) in [6, 6.07) is 39.7. The molecule has 4 aromatic carbocycles. The van der Waals surface area contributed by atoms with E-state index in [4.69, 9.17) is 9.90 Å². The molecular weight excluding hydrogens is 665 g/mol. The molecule has 1 saturated carbocycles. The van der Waals surface area contributed by atoms with Crippen molar-refractivity contribution in [2.45, 2.75) is 82.8 Å². The molecule has 2 aliphatic rings. The molecule has 0 unspecified atom stereocenters. The number of benzene rings is 4. The number of nitrogens with one attached hydrogen (secondary N) is 2. The number of nitrogens with zero attached hydrogens (tertiary/aromatic N) is 2. The van der Waals surface area contributed by atoms with E-state index in [0.29, 0.717) is 19.1 Å². The second-order valence-corrected chi connectivity index (χ2v) is 13.7. The monoisotopic (exact) mass is 714 g/mol. The van der Waals surface area contributed by atoms with Crippen molar-refractivity contribution in [3.63, 3.8) is 0 Å². The number of likely N-dealkylation sites (tertiary alicyclic amines) is 1. The first-order valence-electron chi connectivity index (χ1n) is 18.2. The van der Waals surface area contributed by atoms with Crippen LogP contribution in [0.3, 0.4) is 0 Å². The molecule has 4 aromatic rings. The van der Waals surface area contributed by atoms with Crippen molar-refractivity contribution in [3.8, 4) is 11.1 Å². The quantitative estimate of drug-likeness (QED) is 0.137. The van der Waals surface area contributed by atoms with Crippen LogP contribution in [-0.2, 0) is 30.8 Å². The predicted molar refractivity (Wildman–Crippen MR) is 198 cm³/mol. The molecule has 7 nitrogen and oxygen atoms in total. The van der Waals surface area contributed by atoms with Gasteiger partial charge in [-0.15, -0.1) is 0 Å². The summed E-state index contributed by atoms with van der Waals surface area (Å²) in [5, 5.41) is 14.1. The molecule has 2 amide bonds. The van der Waals surface area contributed by atoms with Gasteiger partial charge >= 0.3 is 18.2 Å². The molecule has 1 saturated heterocycles. The highest BCUT2D eigenvalue weighted by Gasteiger charge is 2.38. The Hall–Kier alpha value is -4.67. The molecule has 276 valence electrons. The van der Waals surface area contributed by atoms with Crippen molar-refractivity contribution in [1.29, 1.82) is 0 Å². The third-order valence-electron chi connectivity index (χ3n) is 9.80.